The molecule has 1 unspecified atom stereocenters. The summed E-state index contributed by atoms with van der Waals surface area (Å²) in [5.41, 5.74) is 0. The molecule has 1 aromatic rings. The fourth-order valence-electron chi connectivity index (χ4n) is 1.44. The van der Waals surface area contributed by atoms with Gasteiger partial charge in [-0.15, -0.1) is 11.3 Å². The highest BCUT2D eigenvalue weighted by molar-refractivity contribution is 8.14. The number of nitrogens with one attached hydrogen (secondary N) is 1. The van der Waals surface area contributed by atoms with Crippen molar-refractivity contribution in [2.75, 3.05) is 5.75 Å². The molecule has 4 heteroatoms. The minimum Gasteiger partial charge on any atom is -0.362 e. The molecule has 1 N–H and O–H groups in total. The van der Waals surface area contributed by atoms with E-state index in [9.17, 15) is 0 Å². The number of rotatable bonds is 3. The van der Waals surface area contributed by atoms with E-state index in [2.05, 4.69) is 36.3 Å². The van der Waals surface area contributed by atoms with Gasteiger partial charge in [0.25, 0.3) is 0 Å². The number of aliphatic imine (C=N–C) groups is 1. The SMILES string of the molecule is CCc1ccc(CN=C2NC(C)CS2)s1. The van der Waals surface area contributed by atoms with Gasteiger partial charge in [-0.2, -0.15) is 0 Å². The van der Waals surface area contributed by atoms with Gasteiger partial charge in [0.2, 0.25) is 0 Å². The number of thiophene rings is 1. The lowest BCUT2D eigenvalue weighted by Crippen LogP contribution is -2.23. The van der Waals surface area contributed by atoms with Gasteiger partial charge in [-0.25, -0.2) is 0 Å². The molecule has 0 amide bonds. The van der Waals surface area contributed by atoms with Crippen molar-refractivity contribution in [1.29, 1.82) is 0 Å². The molecule has 0 aromatic carbocycles. The van der Waals surface area contributed by atoms with Crippen LogP contribution in [-0.4, -0.2) is 17.0 Å². The Labute approximate surface area is 99.2 Å². The molecule has 0 saturated carbocycles. The van der Waals surface area contributed by atoms with Crippen LogP contribution in [-0.2, 0) is 13.0 Å². The first-order chi connectivity index (χ1) is 7.28. The van der Waals surface area contributed by atoms with Crippen molar-refractivity contribution in [3.63, 3.8) is 0 Å². The maximum absolute atomic E-state index is 4.57. The molecule has 0 spiro atoms. The van der Waals surface area contributed by atoms with Crippen molar-refractivity contribution in [2.45, 2.75) is 32.9 Å². The van der Waals surface area contributed by atoms with E-state index in [1.165, 1.54) is 9.75 Å². The summed E-state index contributed by atoms with van der Waals surface area (Å²) in [6, 6.07) is 4.97. The lowest BCUT2D eigenvalue weighted by Gasteiger charge is -1.99. The average Bonchev–Trinajstić information content (AvgIpc) is 2.83. The zero-order valence-corrected chi connectivity index (χ0v) is 10.8. The first-order valence-electron chi connectivity index (χ1n) is 5.29. The van der Waals surface area contributed by atoms with E-state index in [0.717, 1.165) is 23.9 Å². The molecule has 1 atom stereocenters. The summed E-state index contributed by atoms with van der Waals surface area (Å²) in [5, 5.41) is 4.47. The molecule has 1 aromatic heterocycles. The van der Waals surface area contributed by atoms with E-state index in [4.69, 9.17) is 0 Å². The quantitative estimate of drug-likeness (QED) is 0.878. The van der Waals surface area contributed by atoms with Crippen LogP contribution < -0.4 is 5.32 Å². The third-order valence-electron chi connectivity index (χ3n) is 2.28. The molecule has 0 radical (unpaired) electrons. The van der Waals surface area contributed by atoms with Gasteiger partial charge in [0, 0.05) is 21.5 Å². The molecule has 82 valence electrons. The fraction of sp³-hybridized carbons (Fsp3) is 0.545. The Morgan fingerprint density at radius 3 is 2.87 bits per heavy atom. The summed E-state index contributed by atoms with van der Waals surface area (Å²) >= 11 is 3.70. The zero-order valence-electron chi connectivity index (χ0n) is 9.12. The van der Waals surface area contributed by atoms with Gasteiger partial charge in [0.1, 0.15) is 0 Å². The summed E-state index contributed by atoms with van der Waals surface area (Å²) in [6.07, 6.45) is 1.13. The van der Waals surface area contributed by atoms with Crippen LogP contribution in [0.4, 0.5) is 0 Å². The normalized spacial score (nSPS) is 23.3. The van der Waals surface area contributed by atoms with Crippen molar-refractivity contribution < 1.29 is 0 Å². The van der Waals surface area contributed by atoms with Crippen LogP contribution in [0.3, 0.4) is 0 Å². The third kappa shape index (κ3) is 2.98. The van der Waals surface area contributed by atoms with Crippen molar-refractivity contribution in [3.8, 4) is 0 Å². The number of amidine groups is 1. The van der Waals surface area contributed by atoms with Crippen LogP contribution in [0.25, 0.3) is 0 Å². The zero-order chi connectivity index (χ0) is 10.7. The van der Waals surface area contributed by atoms with E-state index in [1.54, 1.807) is 0 Å². The summed E-state index contributed by atoms with van der Waals surface area (Å²) < 4.78 is 0. The van der Waals surface area contributed by atoms with Crippen LogP contribution >= 0.6 is 23.1 Å². The molecule has 1 fully saturated rings. The molecule has 15 heavy (non-hydrogen) atoms. The van der Waals surface area contributed by atoms with E-state index in [-0.39, 0.29) is 0 Å². The number of hydrogen-bond acceptors (Lipinski definition) is 3. The van der Waals surface area contributed by atoms with Gasteiger partial charge in [0.15, 0.2) is 5.17 Å². The lowest BCUT2D eigenvalue weighted by molar-refractivity contribution is 0.764. The summed E-state index contributed by atoms with van der Waals surface area (Å²) in [4.78, 5) is 7.38. The largest absolute Gasteiger partial charge is 0.362 e. The second kappa shape index (κ2) is 5.03. The van der Waals surface area contributed by atoms with Gasteiger partial charge >= 0.3 is 0 Å². The smallest absolute Gasteiger partial charge is 0.157 e. The highest BCUT2D eigenvalue weighted by atomic mass is 32.2. The second-order valence-corrected chi connectivity index (χ2v) is 5.96. The van der Waals surface area contributed by atoms with Gasteiger partial charge < -0.3 is 5.32 Å². The summed E-state index contributed by atoms with van der Waals surface area (Å²) in [6.45, 7) is 5.21. The van der Waals surface area contributed by atoms with Crippen molar-refractivity contribution in [2.24, 2.45) is 4.99 Å². The van der Waals surface area contributed by atoms with Crippen LogP contribution in [0.5, 0.6) is 0 Å². The molecule has 2 nitrogen and oxygen atoms in total. The number of thioether (sulfide) groups is 1. The first-order valence-corrected chi connectivity index (χ1v) is 7.09. The molecule has 1 aliphatic heterocycles. The van der Waals surface area contributed by atoms with E-state index < -0.39 is 0 Å². The van der Waals surface area contributed by atoms with Gasteiger partial charge in [0.05, 0.1) is 6.54 Å². The molecule has 0 aliphatic carbocycles. The van der Waals surface area contributed by atoms with Crippen LogP contribution in [0.2, 0.25) is 0 Å². The Bertz CT molecular complexity index is 357. The Kier molecular flexibility index (Phi) is 3.70. The Balaban J connectivity index is 1.92. The van der Waals surface area contributed by atoms with E-state index in [0.29, 0.717) is 6.04 Å². The first kappa shape index (κ1) is 11.0. The maximum atomic E-state index is 4.57. The molecule has 2 rings (SSSR count). The van der Waals surface area contributed by atoms with Crippen molar-refractivity contribution in [3.05, 3.63) is 21.9 Å². The monoisotopic (exact) mass is 240 g/mol. The highest BCUT2D eigenvalue weighted by Gasteiger charge is 2.14. The predicted octanol–water partition coefficient (Wildman–Crippen LogP) is 2.89. The van der Waals surface area contributed by atoms with Crippen molar-refractivity contribution in [1.82, 2.24) is 5.32 Å². The molecule has 1 saturated heterocycles. The van der Waals surface area contributed by atoms with Crippen LogP contribution in [0, 0.1) is 0 Å². The number of hydrogen-bond donors (Lipinski definition) is 1. The van der Waals surface area contributed by atoms with E-state index in [1.807, 2.05) is 23.1 Å². The topological polar surface area (TPSA) is 24.4 Å². The summed E-state index contributed by atoms with van der Waals surface area (Å²) in [5.74, 6) is 1.14. The second-order valence-electron chi connectivity index (χ2n) is 3.70. The van der Waals surface area contributed by atoms with Crippen LogP contribution in [0.1, 0.15) is 23.6 Å². The third-order valence-corrected chi connectivity index (χ3v) is 4.69. The molecular formula is C11H16N2S2. The predicted molar refractivity (Wildman–Crippen MR) is 69.9 cm³/mol. The number of aryl methyl sites for hydroxylation is 1. The summed E-state index contributed by atoms with van der Waals surface area (Å²) in [7, 11) is 0. The van der Waals surface area contributed by atoms with Crippen molar-refractivity contribution >= 4 is 28.3 Å². The minimum atomic E-state index is 0.572. The minimum absolute atomic E-state index is 0.572. The Morgan fingerprint density at radius 2 is 2.27 bits per heavy atom. The van der Waals surface area contributed by atoms with Gasteiger partial charge in [-0.1, -0.05) is 18.7 Å². The van der Waals surface area contributed by atoms with Gasteiger partial charge in [-0.3, -0.25) is 4.99 Å². The average molecular weight is 240 g/mol. The Hall–Kier alpha value is -0.480. The molecular weight excluding hydrogens is 224 g/mol. The van der Waals surface area contributed by atoms with E-state index >= 15 is 0 Å². The maximum Gasteiger partial charge on any atom is 0.157 e. The highest BCUT2D eigenvalue weighted by Crippen LogP contribution is 2.19. The molecule has 1 aliphatic rings. The van der Waals surface area contributed by atoms with Crippen LogP contribution in [0.15, 0.2) is 17.1 Å². The lowest BCUT2D eigenvalue weighted by atomic mass is 10.4. The van der Waals surface area contributed by atoms with Gasteiger partial charge in [-0.05, 0) is 25.5 Å². The fourth-order valence-corrected chi connectivity index (χ4v) is 3.25. The number of nitrogens with zero attached hydrogens (tertiary/aromatic N) is 1. The molecule has 0 bridgehead atoms. The molecule has 2 heterocycles. The Morgan fingerprint density at radius 1 is 1.47 bits per heavy atom. The standard InChI is InChI=1S/C11H16N2S2/c1-3-9-4-5-10(15-9)6-12-11-13-8(2)7-14-11/h4-5,8H,3,6-7H2,1-2H3,(H,12,13).